The number of phenolic OH excluding ortho intramolecular Hbond substituents is 1. The van der Waals surface area contributed by atoms with E-state index in [0.717, 1.165) is 25.3 Å². The van der Waals surface area contributed by atoms with Crippen molar-refractivity contribution in [2.45, 2.75) is 18.1 Å². The van der Waals surface area contributed by atoms with E-state index in [1.54, 1.807) is 0 Å². The molecule has 0 bridgehead atoms. The summed E-state index contributed by atoms with van der Waals surface area (Å²) < 4.78 is 67.2. The van der Waals surface area contributed by atoms with Crippen LogP contribution in [0.1, 0.15) is 11.6 Å². The standard InChI is InChI=1S/C10H10F5NO2.ClH/c1-18-7-4-5(17)2-3-6(7)8(16)9(11,12)10(13,14)15;/h2-4,8,17H,16H2,1H3;1H/t8-;/m1./s1. The number of benzene rings is 1. The summed E-state index contributed by atoms with van der Waals surface area (Å²) in [5.74, 6) is -5.78. The normalized spacial score (nSPS) is 13.6. The van der Waals surface area contributed by atoms with Crippen LogP contribution in [0.5, 0.6) is 11.5 Å². The van der Waals surface area contributed by atoms with E-state index in [1.165, 1.54) is 0 Å². The summed E-state index contributed by atoms with van der Waals surface area (Å²) in [7, 11) is 1.07. The van der Waals surface area contributed by atoms with Gasteiger partial charge in [-0.1, -0.05) is 0 Å². The number of methoxy groups -OCH3 is 1. The lowest BCUT2D eigenvalue weighted by Gasteiger charge is -2.26. The summed E-state index contributed by atoms with van der Waals surface area (Å²) in [6.45, 7) is 0. The molecule has 110 valence electrons. The highest BCUT2D eigenvalue weighted by Gasteiger charge is 2.62. The maximum atomic E-state index is 13.1. The van der Waals surface area contributed by atoms with Gasteiger partial charge in [0.15, 0.2) is 0 Å². The lowest BCUT2D eigenvalue weighted by atomic mass is 10.00. The second-order valence-corrected chi connectivity index (χ2v) is 3.52. The lowest BCUT2D eigenvalue weighted by Crippen LogP contribution is -2.45. The highest BCUT2D eigenvalue weighted by Crippen LogP contribution is 2.45. The van der Waals surface area contributed by atoms with Gasteiger partial charge in [0.2, 0.25) is 0 Å². The zero-order valence-corrected chi connectivity index (χ0v) is 10.4. The lowest BCUT2D eigenvalue weighted by molar-refractivity contribution is -0.291. The molecule has 0 saturated heterocycles. The Labute approximate surface area is 111 Å². The van der Waals surface area contributed by atoms with Gasteiger partial charge in [-0.3, -0.25) is 0 Å². The van der Waals surface area contributed by atoms with Crippen molar-refractivity contribution in [2.24, 2.45) is 5.73 Å². The molecule has 0 fully saturated rings. The molecule has 0 aliphatic carbocycles. The molecule has 3 nitrogen and oxygen atoms in total. The Bertz CT molecular complexity index is 438. The third kappa shape index (κ3) is 3.38. The SMILES string of the molecule is COc1cc(O)ccc1[C@@H](N)C(F)(F)C(F)(F)F.Cl. The van der Waals surface area contributed by atoms with Gasteiger partial charge in [0.05, 0.1) is 7.11 Å². The molecule has 0 unspecified atom stereocenters. The number of hydrogen-bond donors (Lipinski definition) is 2. The van der Waals surface area contributed by atoms with E-state index in [9.17, 15) is 22.0 Å². The molecule has 3 N–H and O–H groups in total. The minimum atomic E-state index is -5.77. The van der Waals surface area contributed by atoms with Gasteiger partial charge in [-0.2, -0.15) is 22.0 Å². The highest BCUT2D eigenvalue weighted by molar-refractivity contribution is 5.85. The van der Waals surface area contributed by atoms with E-state index in [2.05, 4.69) is 4.74 Å². The molecular formula is C10H11ClF5NO2. The Kier molecular flexibility index (Phi) is 5.40. The molecule has 19 heavy (non-hydrogen) atoms. The zero-order chi connectivity index (χ0) is 14.1. The molecule has 0 aliphatic heterocycles. The predicted molar refractivity (Wildman–Crippen MR) is 59.8 cm³/mol. The van der Waals surface area contributed by atoms with Gasteiger partial charge >= 0.3 is 12.1 Å². The molecular weight excluding hydrogens is 297 g/mol. The number of ether oxygens (including phenoxy) is 1. The number of nitrogens with two attached hydrogens (primary N) is 1. The molecule has 0 aromatic heterocycles. The van der Waals surface area contributed by atoms with E-state index < -0.39 is 23.7 Å². The van der Waals surface area contributed by atoms with Crippen LogP contribution in [0.25, 0.3) is 0 Å². The molecule has 1 rings (SSSR count). The summed E-state index contributed by atoms with van der Waals surface area (Å²) in [6, 6.07) is 0.0951. The van der Waals surface area contributed by atoms with Crippen LogP contribution in [0.4, 0.5) is 22.0 Å². The molecule has 0 saturated carbocycles. The third-order valence-electron chi connectivity index (χ3n) is 2.32. The van der Waals surface area contributed by atoms with E-state index in [1.807, 2.05) is 0 Å². The number of aromatic hydroxyl groups is 1. The first-order valence-electron chi connectivity index (χ1n) is 4.68. The quantitative estimate of drug-likeness (QED) is 0.844. The first-order chi connectivity index (χ1) is 8.11. The molecule has 1 atom stereocenters. The van der Waals surface area contributed by atoms with Crippen molar-refractivity contribution < 1.29 is 31.8 Å². The van der Waals surface area contributed by atoms with Crippen LogP contribution in [0.3, 0.4) is 0 Å². The van der Waals surface area contributed by atoms with E-state index in [0.29, 0.717) is 0 Å². The van der Waals surface area contributed by atoms with E-state index >= 15 is 0 Å². The second kappa shape index (κ2) is 5.79. The zero-order valence-electron chi connectivity index (χ0n) is 9.54. The first-order valence-corrected chi connectivity index (χ1v) is 4.68. The van der Waals surface area contributed by atoms with Crippen LogP contribution >= 0.6 is 12.4 Å². The van der Waals surface area contributed by atoms with Crippen molar-refractivity contribution in [3.05, 3.63) is 23.8 Å². The molecule has 0 spiro atoms. The Balaban J connectivity index is 0.00000324. The fourth-order valence-electron chi connectivity index (χ4n) is 1.33. The Morgan fingerprint density at radius 1 is 1.21 bits per heavy atom. The van der Waals surface area contributed by atoms with Gasteiger partial charge in [0.25, 0.3) is 0 Å². The topological polar surface area (TPSA) is 55.5 Å². The van der Waals surface area contributed by atoms with Crippen molar-refractivity contribution in [3.63, 3.8) is 0 Å². The smallest absolute Gasteiger partial charge is 0.455 e. The summed E-state index contributed by atoms with van der Waals surface area (Å²) in [6.07, 6.45) is -5.77. The maximum absolute atomic E-state index is 13.1. The van der Waals surface area contributed by atoms with Crippen molar-refractivity contribution >= 4 is 12.4 Å². The van der Waals surface area contributed by atoms with Crippen molar-refractivity contribution in [3.8, 4) is 11.5 Å². The van der Waals surface area contributed by atoms with Crippen molar-refractivity contribution in [1.82, 2.24) is 0 Å². The maximum Gasteiger partial charge on any atom is 0.455 e. The van der Waals surface area contributed by atoms with E-state index in [4.69, 9.17) is 10.8 Å². The van der Waals surface area contributed by atoms with E-state index in [-0.39, 0.29) is 23.9 Å². The van der Waals surface area contributed by atoms with Gasteiger partial charge < -0.3 is 15.6 Å². The predicted octanol–water partition coefficient (Wildman–Crippen LogP) is 3.02. The molecule has 1 aromatic carbocycles. The number of alkyl halides is 5. The number of halogens is 6. The minimum Gasteiger partial charge on any atom is -0.508 e. The van der Waals surface area contributed by atoms with Crippen molar-refractivity contribution in [1.29, 1.82) is 0 Å². The number of phenols is 1. The van der Waals surface area contributed by atoms with Crippen LogP contribution in [-0.2, 0) is 0 Å². The minimum absolute atomic E-state index is 0. The van der Waals surface area contributed by atoms with Crippen LogP contribution < -0.4 is 10.5 Å². The summed E-state index contributed by atoms with van der Waals surface area (Å²) >= 11 is 0. The van der Waals surface area contributed by atoms with Gasteiger partial charge in [0.1, 0.15) is 17.5 Å². The molecule has 0 amide bonds. The number of rotatable bonds is 3. The van der Waals surface area contributed by atoms with Gasteiger partial charge in [-0.15, -0.1) is 12.4 Å². The average Bonchev–Trinajstić information content (AvgIpc) is 2.26. The monoisotopic (exact) mass is 307 g/mol. The summed E-state index contributed by atoms with van der Waals surface area (Å²) in [4.78, 5) is 0. The fourth-order valence-corrected chi connectivity index (χ4v) is 1.33. The van der Waals surface area contributed by atoms with Gasteiger partial charge in [-0.05, 0) is 12.1 Å². The largest absolute Gasteiger partial charge is 0.508 e. The second-order valence-electron chi connectivity index (χ2n) is 3.52. The molecule has 0 radical (unpaired) electrons. The Morgan fingerprint density at radius 3 is 2.16 bits per heavy atom. The highest BCUT2D eigenvalue weighted by atomic mass is 35.5. The molecule has 0 aliphatic rings. The van der Waals surface area contributed by atoms with Gasteiger partial charge in [-0.25, -0.2) is 0 Å². The van der Waals surface area contributed by atoms with Crippen LogP contribution in [-0.4, -0.2) is 24.3 Å². The third-order valence-corrected chi connectivity index (χ3v) is 2.32. The number of hydrogen-bond acceptors (Lipinski definition) is 3. The Hall–Kier alpha value is -1.28. The van der Waals surface area contributed by atoms with Gasteiger partial charge in [0, 0.05) is 11.6 Å². The molecule has 9 heteroatoms. The summed E-state index contributed by atoms with van der Waals surface area (Å²) in [5.41, 5.74) is 4.41. The Morgan fingerprint density at radius 2 is 1.74 bits per heavy atom. The average molecular weight is 308 g/mol. The van der Waals surface area contributed by atoms with Crippen molar-refractivity contribution in [2.75, 3.05) is 7.11 Å². The summed E-state index contributed by atoms with van der Waals surface area (Å²) in [5, 5.41) is 9.08. The molecule has 0 heterocycles. The molecule has 1 aromatic rings. The van der Waals surface area contributed by atoms with Crippen LogP contribution in [0.15, 0.2) is 18.2 Å². The van der Waals surface area contributed by atoms with Crippen LogP contribution in [0, 0.1) is 0 Å². The first kappa shape index (κ1) is 17.7. The van der Waals surface area contributed by atoms with Crippen LogP contribution in [0.2, 0.25) is 0 Å². The fraction of sp³-hybridized carbons (Fsp3) is 0.400.